The maximum Gasteiger partial charge on any atom is 0.191 e. The molecule has 1 aliphatic rings. The smallest absolute Gasteiger partial charge is 0.191 e. The maximum atomic E-state index is 11.8. The van der Waals surface area contributed by atoms with E-state index in [9.17, 15) is 8.42 Å². The van der Waals surface area contributed by atoms with Crippen LogP contribution in [0.1, 0.15) is 49.1 Å². The number of hydrogen-bond donors (Lipinski definition) is 2. The van der Waals surface area contributed by atoms with E-state index in [2.05, 4.69) is 15.5 Å². The van der Waals surface area contributed by atoms with Gasteiger partial charge in [0.1, 0.15) is 5.76 Å². The lowest BCUT2D eigenvalue weighted by Crippen LogP contribution is -2.44. The van der Waals surface area contributed by atoms with Gasteiger partial charge in [0.2, 0.25) is 0 Å². The van der Waals surface area contributed by atoms with E-state index >= 15 is 0 Å². The number of guanidine groups is 1. The molecule has 1 unspecified atom stereocenters. The van der Waals surface area contributed by atoms with E-state index in [0.29, 0.717) is 18.0 Å². The molecule has 0 radical (unpaired) electrons. The quantitative estimate of drug-likeness (QED) is 0.478. The van der Waals surface area contributed by atoms with E-state index in [-0.39, 0.29) is 6.04 Å². The molecule has 2 N–H and O–H groups in total. The summed E-state index contributed by atoms with van der Waals surface area (Å²) in [5.41, 5.74) is 1.72. The van der Waals surface area contributed by atoms with Crippen molar-refractivity contribution in [2.24, 2.45) is 4.99 Å². The molecule has 0 saturated carbocycles. The van der Waals surface area contributed by atoms with E-state index in [4.69, 9.17) is 9.41 Å². The Hall–Kier alpha value is -2.32. The van der Waals surface area contributed by atoms with Crippen LogP contribution in [0.4, 0.5) is 0 Å². The van der Waals surface area contributed by atoms with Crippen LogP contribution < -0.4 is 10.6 Å². The highest BCUT2D eigenvalue weighted by molar-refractivity contribution is 7.90. The number of hydrogen-bond acceptors (Lipinski definition) is 5. The summed E-state index contributed by atoms with van der Waals surface area (Å²) in [7, 11) is -3.21. The zero-order valence-electron chi connectivity index (χ0n) is 18.7. The molecule has 1 aromatic heterocycles. The molecule has 1 saturated heterocycles. The highest BCUT2D eigenvalue weighted by atomic mass is 32.2. The lowest BCUT2D eigenvalue weighted by Gasteiger charge is -2.33. The highest BCUT2D eigenvalue weighted by Gasteiger charge is 2.24. The van der Waals surface area contributed by atoms with Crippen LogP contribution in [0.2, 0.25) is 0 Å². The van der Waals surface area contributed by atoms with Gasteiger partial charge in [-0.3, -0.25) is 4.90 Å². The van der Waals surface area contributed by atoms with Gasteiger partial charge < -0.3 is 15.1 Å². The Morgan fingerprint density at radius 1 is 1.19 bits per heavy atom. The second-order valence-corrected chi connectivity index (χ2v) is 10.1. The van der Waals surface area contributed by atoms with Gasteiger partial charge in [0.25, 0.3) is 0 Å². The van der Waals surface area contributed by atoms with Crippen molar-refractivity contribution in [3.05, 3.63) is 53.5 Å². The van der Waals surface area contributed by atoms with Gasteiger partial charge in [-0.15, -0.1) is 0 Å². The second-order valence-electron chi connectivity index (χ2n) is 8.08. The minimum Gasteiger partial charge on any atom is -0.468 e. The number of likely N-dealkylation sites (tertiary alicyclic amines) is 1. The maximum absolute atomic E-state index is 11.8. The monoisotopic (exact) mass is 446 g/mol. The molecule has 7 nitrogen and oxygen atoms in total. The average molecular weight is 447 g/mol. The lowest BCUT2D eigenvalue weighted by atomic mass is 10.1. The summed E-state index contributed by atoms with van der Waals surface area (Å²) >= 11 is 0. The molecule has 2 heterocycles. The van der Waals surface area contributed by atoms with Crippen molar-refractivity contribution >= 4 is 15.8 Å². The Morgan fingerprint density at radius 3 is 2.58 bits per heavy atom. The first-order chi connectivity index (χ1) is 14.9. The fraction of sp³-hybridized carbons (Fsp3) is 0.522. The molecular weight excluding hydrogens is 412 g/mol. The summed E-state index contributed by atoms with van der Waals surface area (Å²) < 4.78 is 29.4. The van der Waals surface area contributed by atoms with Gasteiger partial charge in [-0.25, -0.2) is 13.4 Å². The predicted octanol–water partition coefficient (Wildman–Crippen LogP) is 3.27. The fourth-order valence-corrected chi connectivity index (χ4v) is 5.01. The Balaban J connectivity index is 1.69. The normalized spacial score (nSPS) is 16.8. The van der Waals surface area contributed by atoms with Gasteiger partial charge in [0, 0.05) is 19.3 Å². The molecule has 0 bridgehead atoms. The van der Waals surface area contributed by atoms with Crippen molar-refractivity contribution < 1.29 is 12.8 Å². The van der Waals surface area contributed by atoms with Crippen LogP contribution in [0.5, 0.6) is 0 Å². The number of rotatable bonds is 8. The molecule has 0 amide bonds. The number of piperidine rings is 1. The van der Waals surface area contributed by atoms with E-state index < -0.39 is 9.84 Å². The topological polar surface area (TPSA) is 86.9 Å². The SMILES string of the molecule is CCNC(=NCc1ccc(S(C)(=O)=O)c(C)c1)NCC(c1ccco1)N1CCCCC1. The van der Waals surface area contributed by atoms with Gasteiger partial charge >= 0.3 is 0 Å². The molecule has 170 valence electrons. The summed E-state index contributed by atoms with van der Waals surface area (Å²) in [5.74, 6) is 1.71. The molecule has 1 aromatic carbocycles. The highest BCUT2D eigenvalue weighted by Crippen LogP contribution is 2.24. The summed E-state index contributed by atoms with van der Waals surface area (Å²) in [6.07, 6.45) is 6.69. The number of benzene rings is 1. The van der Waals surface area contributed by atoms with Gasteiger partial charge in [-0.2, -0.15) is 0 Å². The van der Waals surface area contributed by atoms with Crippen molar-refractivity contribution in [1.29, 1.82) is 0 Å². The van der Waals surface area contributed by atoms with Crippen LogP contribution >= 0.6 is 0 Å². The first-order valence-electron chi connectivity index (χ1n) is 11.0. The number of aliphatic imine (C=N–C) groups is 1. The Labute approximate surface area is 185 Å². The Bertz CT molecular complexity index is 965. The first-order valence-corrected chi connectivity index (χ1v) is 12.9. The standard InChI is InChI=1S/C23H34N4O3S/c1-4-24-23(25-16-19-10-11-22(18(2)15-19)31(3,28)29)26-17-20(21-9-8-14-30-21)27-12-6-5-7-13-27/h8-11,14-15,20H,4-7,12-13,16-17H2,1-3H3,(H2,24,25,26). The van der Waals surface area contributed by atoms with Crippen molar-refractivity contribution in [2.45, 2.75) is 50.6 Å². The van der Waals surface area contributed by atoms with Gasteiger partial charge in [0.05, 0.1) is 23.7 Å². The zero-order chi connectivity index (χ0) is 22.3. The van der Waals surface area contributed by atoms with Crippen LogP contribution in [0.15, 0.2) is 50.9 Å². The molecule has 0 aliphatic carbocycles. The first kappa shape index (κ1) is 23.3. The third kappa shape index (κ3) is 6.58. The Kier molecular flexibility index (Phi) is 8.15. The number of sulfone groups is 1. The average Bonchev–Trinajstić information content (AvgIpc) is 3.26. The third-order valence-corrected chi connectivity index (χ3v) is 6.83. The minimum atomic E-state index is -3.21. The zero-order valence-corrected chi connectivity index (χ0v) is 19.5. The van der Waals surface area contributed by atoms with Gasteiger partial charge in [-0.05, 0) is 69.1 Å². The van der Waals surface area contributed by atoms with Crippen LogP contribution in [0, 0.1) is 6.92 Å². The number of furan rings is 1. The fourth-order valence-electron chi connectivity index (χ4n) is 4.05. The summed E-state index contributed by atoms with van der Waals surface area (Å²) in [4.78, 5) is 7.56. The minimum absolute atomic E-state index is 0.162. The summed E-state index contributed by atoms with van der Waals surface area (Å²) in [6.45, 7) is 7.93. The molecular formula is C23H34N4O3S. The molecule has 1 fully saturated rings. The molecule has 1 aliphatic heterocycles. The molecule has 31 heavy (non-hydrogen) atoms. The van der Waals surface area contributed by atoms with Gasteiger partial charge in [-0.1, -0.05) is 18.6 Å². The molecule has 1 atom stereocenters. The lowest BCUT2D eigenvalue weighted by molar-refractivity contribution is 0.146. The van der Waals surface area contributed by atoms with E-state index in [0.717, 1.165) is 42.5 Å². The second kappa shape index (κ2) is 10.8. The Morgan fingerprint density at radius 2 is 1.97 bits per heavy atom. The van der Waals surface area contributed by atoms with Crippen molar-refractivity contribution in [3.63, 3.8) is 0 Å². The van der Waals surface area contributed by atoms with Crippen LogP contribution in [-0.2, 0) is 16.4 Å². The molecule has 2 aromatic rings. The van der Waals surface area contributed by atoms with Crippen LogP contribution in [0.25, 0.3) is 0 Å². The molecule has 0 spiro atoms. The molecule has 3 rings (SSSR count). The van der Waals surface area contributed by atoms with E-state index in [1.54, 1.807) is 12.3 Å². The van der Waals surface area contributed by atoms with Crippen molar-refractivity contribution in [3.8, 4) is 0 Å². The number of nitrogens with zero attached hydrogens (tertiary/aromatic N) is 2. The largest absolute Gasteiger partial charge is 0.468 e. The summed E-state index contributed by atoms with van der Waals surface area (Å²) in [6, 6.07) is 9.53. The predicted molar refractivity (Wildman–Crippen MR) is 124 cm³/mol. The van der Waals surface area contributed by atoms with E-state index in [1.807, 2.05) is 38.1 Å². The molecule has 8 heteroatoms. The number of nitrogens with one attached hydrogen (secondary N) is 2. The van der Waals surface area contributed by atoms with E-state index in [1.165, 1.54) is 25.5 Å². The number of aryl methyl sites for hydroxylation is 1. The summed E-state index contributed by atoms with van der Waals surface area (Å²) in [5, 5.41) is 6.77. The van der Waals surface area contributed by atoms with Crippen LogP contribution in [-0.4, -0.2) is 51.7 Å². The van der Waals surface area contributed by atoms with Crippen LogP contribution in [0.3, 0.4) is 0 Å². The van der Waals surface area contributed by atoms with Gasteiger partial charge in [0.15, 0.2) is 15.8 Å². The van der Waals surface area contributed by atoms with Crippen molar-refractivity contribution in [1.82, 2.24) is 15.5 Å². The third-order valence-electron chi connectivity index (χ3n) is 5.57. The van der Waals surface area contributed by atoms with Crippen molar-refractivity contribution in [2.75, 3.05) is 32.4 Å².